The Morgan fingerprint density at radius 3 is 2.42 bits per heavy atom. The van der Waals surface area contributed by atoms with Gasteiger partial charge in [0, 0.05) is 6.42 Å². The highest BCUT2D eigenvalue weighted by Gasteiger charge is 2.38. The van der Waals surface area contributed by atoms with Gasteiger partial charge in [-0.2, -0.15) is 13.2 Å². The normalized spacial score (nSPS) is 19.6. The summed E-state index contributed by atoms with van der Waals surface area (Å²) in [5, 5.41) is -0.548. The predicted octanol–water partition coefficient (Wildman–Crippen LogP) is 3.38. The summed E-state index contributed by atoms with van der Waals surface area (Å²) < 4.78 is 48.5. The van der Waals surface area contributed by atoms with Crippen LogP contribution >= 0.6 is 11.6 Å². The fourth-order valence-corrected chi connectivity index (χ4v) is 0.944. The number of halogens is 5. The minimum Gasteiger partial charge on any atom is -0.205 e. The van der Waals surface area contributed by atoms with Gasteiger partial charge in [-0.15, -0.1) is 0 Å². The molecule has 0 aromatic carbocycles. The molecule has 0 amide bonds. The van der Waals surface area contributed by atoms with Gasteiger partial charge in [0.05, 0.1) is 10.6 Å². The van der Waals surface area contributed by atoms with Crippen LogP contribution in [-0.4, -0.2) is 6.18 Å². The van der Waals surface area contributed by atoms with Gasteiger partial charge in [0.15, 0.2) is 0 Å². The summed E-state index contributed by atoms with van der Waals surface area (Å²) in [6.45, 7) is 0. The van der Waals surface area contributed by atoms with Gasteiger partial charge in [0.1, 0.15) is 5.83 Å². The van der Waals surface area contributed by atoms with Crippen LogP contribution in [0.15, 0.2) is 22.5 Å². The van der Waals surface area contributed by atoms with Gasteiger partial charge in [-0.1, -0.05) is 17.7 Å². The lowest BCUT2D eigenvalue weighted by atomic mass is 10.0. The first-order chi connectivity index (χ1) is 5.43. The van der Waals surface area contributed by atoms with E-state index >= 15 is 0 Å². The molecule has 12 heavy (non-hydrogen) atoms. The molecule has 0 unspecified atom stereocenters. The van der Waals surface area contributed by atoms with Crippen LogP contribution in [0, 0.1) is 6.42 Å². The summed E-state index contributed by atoms with van der Waals surface area (Å²) in [6, 6.07) is 0. The van der Waals surface area contributed by atoms with Gasteiger partial charge in [-0.05, 0) is 6.42 Å². The number of alkyl halides is 3. The molecule has 1 rings (SSSR count). The molecule has 0 aromatic heterocycles. The van der Waals surface area contributed by atoms with Gasteiger partial charge in [-0.25, -0.2) is 4.39 Å². The summed E-state index contributed by atoms with van der Waals surface area (Å²) in [5.74, 6) is -1.40. The molecular weight excluding hydrogens is 196 g/mol. The fraction of sp³-hybridized carbons (Fsp3) is 0.286. The monoisotopic (exact) mass is 198 g/mol. The minimum absolute atomic E-state index is 0.548. The second-order valence-electron chi connectivity index (χ2n) is 2.16. The third-order valence-corrected chi connectivity index (χ3v) is 1.60. The van der Waals surface area contributed by atoms with Crippen LogP contribution in [0.25, 0.3) is 0 Å². The number of hydrogen-bond donors (Lipinski definition) is 0. The van der Waals surface area contributed by atoms with Crippen molar-refractivity contribution >= 4 is 11.6 Å². The Balaban J connectivity index is 3.03. The zero-order chi connectivity index (χ0) is 9.35. The van der Waals surface area contributed by atoms with E-state index in [9.17, 15) is 17.6 Å². The number of hydrogen-bond acceptors (Lipinski definition) is 0. The fourth-order valence-electron chi connectivity index (χ4n) is 0.752. The van der Waals surface area contributed by atoms with Crippen molar-refractivity contribution in [2.24, 2.45) is 0 Å². The highest BCUT2D eigenvalue weighted by atomic mass is 35.5. The molecule has 5 heteroatoms. The Hall–Kier alpha value is -0.510. The van der Waals surface area contributed by atoms with Gasteiger partial charge >= 0.3 is 6.18 Å². The first-order valence-electron chi connectivity index (χ1n) is 2.98. The molecule has 1 aliphatic carbocycles. The molecule has 0 N–H and O–H groups in total. The Labute approximate surface area is 71.5 Å². The minimum atomic E-state index is -4.66. The van der Waals surface area contributed by atoms with Crippen molar-refractivity contribution in [2.45, 2.75) is 12.6 Å². The van der Waals surface area contributed by atoms with E-state index in [1.165, 1.54) is 0 Å². The maximum atomic E-state index is 12.7. The SMILES string of the molecule is FC1=C(C(F)(F)F)C[C]C=C1Cl. The van der Waals surface area contributed by atoms with Crippen molar-refractivity contribution in [3.8, 4) is 0 Å². The highest BCUT2D eigenvalue weighted by Crippen LogP contribution is 2.38. The van der Waals surface area contributed by atoms with E-state index in [0.717, 1.165) is 6.08 Å². The molecule has 66 valence electrons. The third-order valence-electron chi connectivity index (χ3n) is 1.32. The van der Waals surface area contributed by atoms with Crippen LogP contribution in [0.4, 0.5) is 17.6 Å². The van der Waals surface area contributed by atoms with Crippen LogP contribution in [-0.2, 0) is 0 Å². The van der Waals surface area contributed by atoms with Crippen molar-refractivity contribution in [1.82, 2.24) is 0 Å². The molecule has 0 saturated heterocycles. The Bertz CT molecular complexity index is 249. The largest absolute Gasteiger partial charge is 0.415 e. The molecule has 0 atom stereocenters. The van der Waals surface area contributed by atoms with E-state index in [0.29, 0.717) is 0 Å². The van der Waals surface area contributed by atoms with Gasteiger partial charge in [0.25, 0.3) is 0 Å². The quantitative estimate of drug-likeness (QED) is 0.524. The molecule has 0 spiro atoms. The van der Waals surface area contributed by atoms with E-state index in [-0.39, 0.29) is 0 Å². The zero-order valence-electron chi connectivity index (χ0n) is 5.67. The predicted molar refractivity (Wildman–Crippen MR) is 36.0 cm³/mol. The van der Waals surface area contributed by atoms with E-state index in [1.807, 2.05) is 0 Å². The van der Waals surface area contributed by atoms with Crippen molar-refractivity contribution in [3.05, 3.63) is 28.9 Å². The Morgan fingerprint density at radius 2 is 2.00 bits per heavy atom. The van der Waals surface area contributed by atoms with E-state index in [2.05, 4.69) is 6.42 Å². The average Bonchev–Trinajstić information content (AvgIpc) is 1.92. The second-order valence-corrected chi connectivity index (χ2v) is 2.57. The second kappa shape index (κ2) is 3.09. The lowest BCUT2D eigenvalue weighted by Crippen LogP contribution is -2.15. The summed E-state index contributed by atoms with van der Waals surface area (Å²) in [6.07, 6.45) is -2.04. The average molecular weight is 199 g/mol. The molecule has 0 aliphatic heterocycles. The lowest BCUT2D eigenvalue weighted by Gasteiger charge is -2.14. The summed E-state index contributed by atoms with van der Waals surface area (Å²) in [7, 11) is 0. The van der Waals surface area contributed by atoms with E-state index in [4.69, 9.17) is 11.6 Å². The first-order valence-corrected chi connectivity index (χ1v) is 3.36. The van der Waals surface area contributed by atoms with E-state index in [1.54, 1.807) is 0 Å². The summed E-state index contributed by atoms with van der Waals surface area (Å²) >= 11 is 5.13. The van der Waals surface area contributed by atoms with Crippen LogP contribution in [0.3, 0.4) is 0 Å². The topological polar surface area (TPSA) is 0 Å². The van der Waals surface area contributed by atoms with Crippen LogP contribution in [0.2, 0.25) is 0 Å². The highest BCUT2D eigenvalue weighted by molar-refractivity contribution is 6.32. The first kappa shape index (κ1) is 9.58. The molecule has 1 aliphatic rings. The van der Waals surface area contributed by atoms with Crippen LogP contribution in [0.5, 0.6) is 0 Å². The van der Waals surface area contributed by atoms with Crippen molar-refractivity contribution in [3.63, 3.8) is 0 Å². The van der Waals surface area contributed by atoms with E-state index < -0.39 is 29.0 Å². The Kier molecular flexibility index (Phi) is 2.46. The van der Waals surface area contributed by atoms with Crippen molar-refractivity contribution in [1.29, 1.82) is 0 Å². The molecule has 0 heterocycles. The van der Waals surface area contributed by atoms with Crippen LogP contribution < -0.4 is 0 Å². The van der Waals surface area contributed by atoms with Crippen LogP contribution in [0.1, 0.15) is 6.42 Å². The molecule has 0 aromatic rings. The molecular formula is C7H3ClF4. The number of allylic oxidation sites excluding steroid dienone is 4. The van der Waals surface area contributed by atoms with Gasteiger partial charge in [0.2, 0.25) is 0 Å². The molecule has 0 nitrogen and oxygen atoms in total. The number of rotatable bonds is 0. The summed E-state index contributed by atoms with van der Waals surface area (Å²) in [5.41, 5.74) is -1.27. The van der Waals surface area contributed by atoms with Crippen molar-refractivity contribution < 1.29 is 17.6 Å². The molecule has 2 radical (unpaired) electrons. The van der Waals surface area contributed by atoms with Crippen molar-refractivity contribution in [2.75, 3.05) is 0 Å². The van der Waals surface area contributed by atoms with Gasteiger partial charge in [-0.3, -0.25) is 0 Å². The van der Waals surface area contributed by atoms with Gasteiger partial charge < -0.3 is 0 Å². The third kappa shape index (κ3) is 1.80. The standard InChI is InChI=1S/C7H3ClF4/c8-5-3-1-2-4(6(5)9)7(10,11)12/h3H,2H2. The maximum Gasteiger partial charge on any atom is 0.415 e. The molecule has 0 fully saturated rings. The molecule has 0 bridgehead atoms. The molecule has 0 saturated carbocycles. The summed E-state index contributed by atoms with van der Waals surface area (Å²) in [4.78, 5) is 0. The Morgan fingerprint density at radius 1 is 1.42 bits per heavy atom. The lowest BCUT2D eigenvalue weighted by molar-refractivity contribution is -0.0950. The zero-order valence-corrected chi connectivity index (χ0v) is 6.43. The maximum absolute atomic E-state index is 12.7. The smallest absolute Gasteiger partial charge is 0.205 e.